The number of nitrogens with zero attached hydrogens (tertiary/aromatic N) is 4. The fourth-order valence-corrected chi connectivity index (χ4v) is 4.81. The summed E-state index contributed by atoms with van der Waals surface area (Å²) in [6.07, 6.45) is -8.71. The normalized spacial score (nSPS) is 19.4. The number of aliphatic hydroxyl groups is 1. The van der Waals surface area contributed by atoms with Gasteiger partial charge in [0.2, 0.25) is 0 Å². The van der Waals surface area contributed by atoms with E-state index in [1.54, 1.807) is 0 Å². The second kappa shape index (κ2) is 7.48. The zero-order chi connectivity index (χ0) is 22.7. The number of rotatable bonds is 5. The van der Waals surface area contributed by atoms with Crippen molar-refractivity contribution in [1.82, 2.24) is 19.2 Å². The maximum absolute atomic E-state index is 13.6. The molecule has 3 aromatic heterocycles. The molecule has 1 fully saturated rings. The molecule has 2 unspecified atom stereocenters. The SMILES string of the molecule is O=c1cc(Cn2nc(C(F)(F)F)cc2Cl)nc2sc(C(F)(F)F)c(C3CC3CCO)n12. The minimum Gasteiger partial charge on any atom is -0.396 e. The van der Waals surface area contributed by atoms with Gasteiger partial charge in [0, 0.05) is 24.7 Å². The first kappa shape index (κ1) is 22.1. The van der Waals surface area contributed by atoms with Crippen LogP contribution in [0, 0.1) is 5.92 Å². The molecule has 31 heavy (non-hydrogen) atoms. The van der Waals surface area contributed by atoms with Crippen LogP contribution >= 0.6 is 22.9 Å². The topological polar surface area (TPSA) is 72.4 Å². The molecule has 3 heterocycles. The highest BCUT2D eigenvalue weighted by molar-refractivity contribution is 7.17. The van der Waals surface area contributed by atoms with Crippen LogP contribution in [0.3, 0.4) is 0 Å². The van der Waals surface area contributed by atoms with Crippen molar-refractivity contribution >= 4 is 27.9 Å². The maximum Gasteiger partial charge on any atom is 0.435 e. The summed E-state index contributed by atoms with van der Waals surface area (Å²) in [6, 6.07) is 1.56. The van der Waals surface area contributed by atoms with Crippen LogP contribution in [-0.2, 0) is 18.9 Å². The Hall–Kier alpha value is -2.12. The highest BCUT2D eigenvalue weighted by Gasteiger charge is 2.47. The minimum atomic E-state index is -4.73. The molecule has 1 N–H and O–H groups in total. The highest BCUT2D eigenvalue weighted by Crippen LogP contribution is 2.54. The van der Waals surface area contributed by atoms with Crippen molar-refractivity contribution in [3.8, 4) is 0 Å². The van der Waals surface area contributed by atoms with Crippen molar-refractivity contribution in [2.45, 2.75) is 37.7 Å². The second-order valence-corrected chi connectivity index (χ2v) is 8.50. The molecule has 1 saturated carbocycles. The Morgan fingerprint density at radius 1 is 1.19 bits per heavy atom. The lowest BCUT2D eigenvalue weighted by Gasteiger charge is -2.08. The third kappa shape index (κ3) is 4.17. The monoisotopic (exact) mass is 486 g/mol. The van der Waals surface area contributed by atoms with Crippen LogP contribution < -0.4 is 5.56 Å². The molecule has 168 valence electrons. The third-order valence-corrected chi connectivity index (χ3v) is 6.38. The third-order valence-electron chi connectivity index (χ3n) is 4.97. The molecule has 14 heteroatoms. The average Bonchev–Trinajstić information content (AvgIpc) is 3.10. The van der Waals surface area contributed by atoms with Crippen molar-refractivity contribution in [3.05, 3.63) is 49.6 Å². The molecule has 2 atom stereocenters. The van der Waals surface area contributed by atoms with Crippen LogP contribution in [0.4, 0.5) is 26.3 Å². The van der Waals surface area contributed by atoms with E-state index >= 15 is 0 Å². The van der Waals surface area contributed by atoms with Gasteiger partial charge in [-0.2, -0.15) is 31.4 Å². The number of hydrogen-bond donors (Lipinski definition) is 1. The molecule has 3 aromatic rings. The Labute approximate surface area is 178 Å². The summed E-state index contributed by atoms with van der Waals surface area (Å²) in [6.45, 7) is -0.599. The van der Waals surface area contributed by atoms with Gasteiger partial charge in [0.15, 0.2) is 10.7 Å². The summed E-state index contributed by atoms with van der Waals surface area (Å²) in [4.78, 5) is 15.5. The number of thiazole rings is 1. The van der Waals surface area contributed by atoms with Crippen LogP contribution in [0.5, 0.6) is 0 Å². The zero-order valence-corrected chi connectivity index (χ0v) is 16.9. The minimum absolute atomic E-state index is 0.0760. The number of hydrogen-bond acceptors (Lipinski definition) is 5. The number of fused-ring (bicyclic) bond motifs is 1. The Kier molecular flexibility index (Phi) is 5.33. The molecule has 6 nitrogen and oxygen atoms in total. The van der Waals surface area contributed by atoms with E-state index in [1.165, 1.54) is 0 Å². The summed E-state index contributed by atoms with van der Waals surface area (Å²) >= 11 is 6.06. The van der Waals surface area contributed by atoms with Gasteiger partial charge in [-0.1, -0.05) is 22.9 Å². The van der Waals surface area contributed by atoms with E-state index in [4.69, 9.17) is 16.7 Å². The fraction of sp³-hybridized carbons (Fsp3) is 0.471. The molecule has 1 aliphatic carbocycles. The summed E-state index contributed by atoms with van der Waals surface area (Å²) < 4.78 is 80.9. The average molecular weight is 487 g/mol. The van der Waals surface area contributed by atoms with Crippen LogP contribution in [0.2, 0.25) is 5.15 Å². The molecule has 0 saturated heterocycles. The fourth-order valence-electron chi connectivity index (χ4n) is 3.52. The molecule has 0 radical (unpaired) electrons. The number of halogens is 7. The predicted octanol–water partition coefficient (Wildman–Crippen LogP) is 4.18. The zero-order valence-electron chi connectivity index (χ0n) is 15.3. The largest absolute Gasteiger partial charge is 0.435 e. The van der Waals surface area contributed by atoms with Crippen LogP contribution in [0.1, 0.15) is 40.7 Å². The second-order valence-electron chi connectivity index (χ2n) is 7.14. The summed E-state index contributed by atoms with van der Waals surface area (Å²) in [7, 11) is 0. The van der Waals surface area contributed by atoms with Crippen LogP contribution in [0.25, 0.3) is 4.96 Å². The first-order valence-corrected chi connectivity index (χ1v) is 10.1. The number of alkyl halides is 6. The Bertz CT molecular complexity index is 1200. The van der Waals surface area contributed by atoms with Gasteiger partial charge in [0.1, 0.15) is 10.0 Å². The van der Waals surface area contributed by atoms with Gasteiger partial charge in [-0.25, -0.2) is 9.67 Å². The summed E-state index contributed by atoms with van der Waals surface area (Å²) in [5, 5.41) is 12.0. The van der Waals surface area contributed by atoms with E-state index in [-0.39, 0.29) is 34.0 Å². The quantitative estimate of drug-likeness (QED) is 0.549. The van der Waals surface area contributed by atoms with Crippen molar-refractivity contribution < 1.29 is 31.4 Å². The predicted molar refractivity (Wildman–Crippen MR) is 98.2 cm³/mol. The first-order valence-electron chi connectivity index (χ1n) is 8.94. The van der Waals surface area contributed by atoms with Crippen LogP contribution in [0.15, 0.2) is 16.9 Å². The Morgan fingerprint density at radius 2 is 1.90 bits per heavy atom. The molecule has 0 bridgehead atoms. The molecule has 4 rings (SSSR count). The van der Waals surface area contributed by atoms with Gasteiger partial charge in [-0.05, 0) is 18.8 Å². The van der Waals surface area contributed by atoms with E-state index in [0.717, 1.165) is 15.1 Å². The number of aromatic nitrogens is 4. The van der Waals surface area contributed by atoms with Crippen molar-refractivity contribution in [2.75, 3.05) is 6.61 Å². The molecular weight excluding hydrogens is 474 g/mol. The maximum atomic E-state index is 13.6. The van der Waals surface area contributed by atoms with Crippen molar-refractivity contribution in [2.24, 2.45) is 5.92 Å². The lowest BCUT2D eigenvalue weighted by molar-refractivity contribution is -0.141. The van der Waals surface area contributed by atoms with E-state index in [0.29, 0.717) is 30.2 Å². The highest BCUT2D eigenvalue weighted by atomic mass is 35.5. The molecule has 0 amide bonds. The van der Waals surface area contributed by atoms with Gasteiger partial charge in [0.25, 0.3) is 5.56 Å². The summed E-state index contributed by atoms with van der Waals surface area (Å²) in [5.41, 5.74) is -2.29. The molecule has 0 spiro atoms. The van der Waals surface area contributed by atoms with E-state index < -0.39 is 40.9 Å². The summed E-state index contributed by atoms with van der Waals surface area (Å²) in [5.74, 6) is -0.697. The number of aliphatic hydroxyl groups excluding tert-OH is 1. The molecular formula is C17H13ClF6N4O2S. The first-order chi connectivity index (χ1) is 14.4. The van der Waals surface area contributed by atoms with Gasteiger partial charge >= 0.3 is 12.4 Å². The van der Waals surface area contributed by atoms with Gasteiger partial charge in [-0.15, -0.1) is 0 Å². The lowest BCUT2D eigenvalue weighted by Crippen LogP contribution is -2.19. The molecule has 0 aliphatic heterocycles. The van der Waals surface area contributed by atoms with Gasteiger partial charge < -0.3 is 5.11 Å². The van der Waals surface area contributed by atoms with Gasteiger partial charge in [0.05, 0.1) is 17.9 Å². The van der Waals surface area contributed by atoms with Gasteiger partial charge in [-0.3, -0.25) is 9.20 Å². The Balaban J connectivity index is 1.76. The Morgan fingerprint density at radius 3 is 2.48 bits per heavy atom. The van der Waals surface area contributed by atoms with Crippen molar-refractivity contribution in [3.63, 3.8) is 0 Å². The standard InChI is InChI=1S/C17H13ClF6N4O2S/c18-11-5-10(16(19,20)21)26-27(11)6-8-4-12(30)28-13(9-3-7(9)1-2-29)14(17(22,23)24)31-15(28)25-8/h4-5,7,9,29H,1-3,6H2. The molecule has 0 aromatic carbocycles. The van der Waals surface area contributed by atoms with Crippen LogP contribution in [-0.4, -0.2) is 30.9 Å². The van der Waals surface area contributed by atoms with E-state index in [2.05, 4.69) is 10.1 Å². The van der Waals surface area contributed by atoms with E-state index in [9.17, 15) is 31.1 Å². The smallest absolute Gasteiger partial charge is 0.396 e. The van der Waals surface area contributed by atoms with Crippen molar-refractivity contribution in [1.29, 1.82) is 0 Å². The van der Waals surface area contributed by atoms with E-state index in [1.807, 2.05) is 0 Å². The molecule has 1 aliphatic rings. The lowest BCUT2D eigenvalue weighted by atomic mass is 10.1.